The standard InChI is InChI=1S/C32H37N5O2/c1-4-21-7-5-6-8-22-9-12-24(25-15-28(18-33-17-25)36-31(38)23-10-11-23)16-29(22)30(21)32(39)35-26-13-14-27(34-19-26)20-37(2)3/h9,12-19,23H,4-8,10-11,20H2,1-3H3,(H,35,39)(H,36,38). The Bertz CT molecular complexity index is 1390. The summed E-state index contributed by atoms with van der Waals surface area (Å²) in [7, 11) is 4.01. The first-order chi connectivity index (χ1) is 18.9. The van der Waals surface area contributed by atoms with Crippen LogP contribution in [0.25, 0.3) is 16.7 Å². The predicted octanol–water partition coefficient (Wildman–Crippen LogP) is 6.08. The van der Waals surface area contributed by atoms with Crippen LogP contribution in [0.1, 0.15) is 62.3 Å². The van der Waals surface area contributed by atoms with Gasteiger partial charge in [-0.2, -0.15) is 0 Å². The van der Waals surface area contributed by atoms with Gasteiger partial charge in [0.2, 0.25) is 5.91 Å². The van der Waals surface area contributed by atoms with Crippen LogP contribution < -0.4 is 10.6 Å². The number of rotatable bonds is 8. The number of nitrogens with zero attached hydrogens (tertiary/aromatic N) is 3. The zero-order valence-electron chi connectivity index (χ0n) is 23.1. The van der Waals surface area contributed by atoms with E-state index in [1.165, 1.54) is 11.1 Å². The monoisotopic (exact) mass is 523 g/mol. The molecule has 0 aliphatic heterocycles. The zero-order chi connectivity index (χ0) is 27.4. The average Bonchev–Trinajstić information content (AvgIpc) is 3.76. The van der Waals surface area contributed by atoms with Crippen LogP contribution in [0, 0.1) is 5.92 Å². The lowest BCUT2D eigenvalue weighted by atomic mass is 9.85. The van der Waals surface area contributed by atoms with Gasteiger partial charge >= 0.3 is 0 Å². The Labute approximate surface area is 230 Å². The quantitative estimate of drug-likeness (QED) is 0.374. The minimum absolute atomic E-state index is 0.0610. The Balaban J connectivity index is 1.47. The van der Waals surface area contributed by atoms with Crippen molar-refractivity contribution in [2.45, 2.75) is 58.4 Å². The molecular weight excluding hydrogens is 486 g/mol. The third kappa shape index (κ3) is 6.60. The molecule has 0 radical (unpaired) electrons. The topological polar surface area (TPSA) is 87.2 Å². The van der Waals surface area contributed by atoms with Crippen LogP contribution >= 0.6 is 0 Å². The number of aromatic nitrogens is 2. The van der Waals surface area contributed by atoms with E-state index in [9.17, 15) is 9.59 Å². The lowest BCUT2D eigenvalue weighted by Crippen LogP contribution is -2.18. The van der Waals surface area contributed by atoms with Crippen molar-refractivity contribution >= 4 is 28.8 Å². The van der Waals surface area contributed by atoms with Gasteiger partial charge in [-0.15, -0.1) is 0 Å². The molecule has 0 unspecified atom stereocenters. The summed E-state index contributed by atoms with van der Waals surface area (Å²) in [5, 5.41) is 6.12. The Morgan fingerprint density at radius 3 is 2.46 bits per heavy atom. The van der Waals surface area contributed by atoms with E-state index in [1.54, 1.807) is 12.4 Å². The molecule has 0 atom stereocenters. The minimum atomic E-state index is -0.0992. The van der Waals surface area contributed by atoms with Crippen LogP contribution in [-0.2, 0) is 22.6 Å². The molecule has 2 amide bonds. The average molecular weight is 524 g/mol. The number of hydrogen-bond acceptors (Lipinski definition) is 5. The smallest absolute Gasteiger partial charge is 0.256 e. The molecular formula is C32H37N5O2. The summed E-state index contributed by atoms with van der Waals surface area (Å²) in [6.45, 7) is 2.87. The lowest BCUT2D eigenvalue weighted by Gasteiger charge is -2.22. The Morgan fingerprint density at radius 2 is 1.74 bits per heavy atom. The molecule has 3 aromatic rings. The summed E-state index contributed by atoms with van der Waals surface area (Å²) < 4.78 is 0. The van der Waals surface area contributed by atoms with Gasteiger partial charge in [-0.05, 0) is 100.0 Å². The largest absolute Gasteiger partial charge is 0.324 e. The molecule has 2 aromatic heterocycles. The number of aryl methyl sites for hydroxylation is 1. The van der Waals surface area contributed by atoms with Gasteiger partial charge in [0.25, 0.3) is 5.91 Å². The molecule has 5 rings (SSSR count). The third-order valence-electron chi connectivity index (χ3n) is 7.41. The van der Waals surface area contributed by atoms with Gasteiger partial charge in [0.1, 0.15) is 0 Å². The normalized spacial score (nSPS) is 15.4. The maximum absolute atomic E-state index is 13.9. The van der Waals surface area contributed by atoms with Gasteiger partial charge in [-0.3, -0.25) is 19.6 Å². The maximum Gasteiger partial charge on any atom is 0.256 e. The van der Waals surface area contributed by atoms with Gasteiger partial charge in [-0.1, -0.05) is 24.6 Å². The minimum Gasteiger partial charge on any atom is -0.324 e. The first-order valence-corrected chi connectivity index (χ1v) is 13.9. The number of hydrogen-bond donors (Lipinski definition) is 2. The first-order valence-electron chi connectivity index (χ1n) is 13.9. The van der Waals surface area contributed by atoms with E-state index in [0.717, 1.165) is 79.4 Å². The lowest BCUT2D eigenvalue weighted by molar-refractivity contribution is -0.117. The van der Waals surface area contributed by atoms with E-state index < -0.39 is 0 Å². The van der Waals surface area contributed by atoms with Crippen molar-refractivity contribution in [3.8, 4) is 11.1 Å². The van der Waals surface area contributed by atoms with Crippen molar-refractivity contribution in [1.82, 2.24) is 14.9 Å². The van der Waals surface area contributed by atoms with Crippen molar-refractivity contribution < 1.29 is 9.59 Å². The molecule has 0 spiro atoms. The molecule has 1 aromatic carbocycles. The highest BCUT2D eigenvalue weighted by Gasteiger charge is 2.29. The molecule has 2 aliphatic carbocycles. The Kier molecular flexibility index (Phi) is 8.17. The molecule has 7 heteroatoms. The van der Waals surface area contributed by atoms with Crippen LogP contribution in [0.4, 0.5) is 11.4 Å². The van der Waals surface area contributed by atoms with Gasteiger partial charge in [0, 0.05) is 29.8 Å². The summed E-state index contributed by atoms with van der Waals surface area (Å²) >= 11 is 0. The van der Waals surface area contributed by atoms with Crippen molar-refractivity contribution in [3.05, 3.63) is 77.4 Å². The van der Waals surface area contributed by atoms with Gasteiger partial charge in [0.05, 0.1) is 29.5 Å². The molecule has 7 nitrogen and oxygen atoms in total. The molecule has 0 saturated heterocycles. The van der Waals surface area contributed by atoms with E-state index in [2.05, 4.69) is 50.6 Å². The van der Waals surface area contributed by atoms with Crippen molar-refractivity contribution in [2.75, 3.05) is 24.7 Å². The number of carbonyl (C=O) groups excluding carboxylic acids is 2. The number of pyridine rings is 2. The highest BCUT2D eigenvalue weighted by Crippen LogP contribution is 2.35. The number of carbonyl (C=O) groups is 2. The SMILES string of the molecule is CCC1=C(C(=O)Nc2ccc(CN(C)C)nc2)c2cc(-c3cncc(NC(=O)C4CC4)c3)ccc2CCCC1. The van der Waals surface area contributed by atoms with E-state index in [0.29, 0.717) is 11.4 Å². The molecule has 202 valence electrons. The number of fused-ring (bicyclic) bond motifs is 1. The third-order valence-corrected chi connectivity index (χ3v) is 7.41. The van der Waals surface area contributed by atoms with Gasteiger partial charge < -0.3 is 15.5 Å². The predicted molar refractivity (Wildman–Crippen MR) is 156 cm³/mol. The van der Waals surface area contributed by atoms with Crippen LogP contribution in [0.2, 0.25) is 0 Å². The molecule has 2 heterocycles. The molecule has 1 fully saturated rings. The van der Waals surface area contributed by atoms with Crippen LogP contribution in [0.5, 0.6) is 0 Å². The highest BCUT2D eigenvalue weighted by molar-refractivity contribution is 6.26. The van der Waals surface area contributed by atoms with Crippen LogP contribution in [0.15, 0.2) is 60.6 Å². The highest BCUT2D eigenvalue weighted by atomic mass is 16.2. The second kappa shape index (κ2) is 11.9. The van der Waals surface area contributed by atoms with Crippen molar-refractivity contribution in [2.24, 2.45) is 5.92 Å². The first kappa shape index (κ1) is 26.8. The zero-order valence-corrected chi connectivity index (χ0v) is 23.1. The number of allylic oxidation sites excluding steroid dienone is 1. The summed E-state index contributed by atoms with van der Waals surface area (Å²) in [6, 6.07) is 12.2. The van der Waals surface area contributed by atoms with Crippen molar-refractivity contribution in [3.63, 3.8) is 0 Å². The molecule has 39 heavy (non-hydrogen) atoms. The summed E-state index contributed by atoms with van der Waals surface area (Å²) in [6.07, 6.45) is 11.9. The number of anilines is 2. The fraction of sp³-hybridized carbons (Fsp3) is 0.375. The summed E-state index contributed by atoms with van der Waals surface area (Å²) in [5.41, 5.74) is 8.32. The number of amides is 2. The Morgan fingerprint density at radius 1 is 0.923 bits per heavy atom. The van der Waals surface area contributed by atoms with E-state index >= 15 is 0 Å². The Hall–Kier alpha value is -3.84. The fourth-order valence-corrected chi connectivity index (χ4v) is 5.18. The van der Waals surface area contributed by atoms with E-state index in [4.69, 9.17) is 0 Å². The second-order valence-corrected chi connectivity index (χ2v) is 10.9. The van der Waals surface area contributed by atoms with Crippen LogP contribution in [0.3, 0.4) is 0 Å². The van der Waals surface area contributed by atoms with Crippen LogP contribution in [-0.4, -0.2) is 40.8 Å². The number of benzene rings is 1. The summed E-state index contributed by atoms with van der Waals surface area (Å²) in [5.74, 6) is 0.0897. The molecule has 2 N–H and O–H groups in total. The number of nitrogens with one attached hydrogen (secondary N) is 2. The van der Waals surface area contributed by atoms with E-state index in [-0.39, 0.29) is 17.7 Å². The summed E-state index contributed by atoms with van der Waals surface area (Å²) in [4.78, 5) is 37.1. The second-order valence-electron chi connectivity index (χ2n) is 10.9. The molecule has 1 saturated carbocycles. The molecule has 0 bridgehead atoms. The maximum atomic E-state index is 13.9. The fourth-order valence-electron chi connectivity index (χ4n) is 5.18. The van der Waals surface area contributed by atoms with Gasteiger partial charge in [-0.25, -0.2) is 0 Å². The van der Waals surface area contributed by atoms with E-state index in [1.807, 2.05) is 38.5 Å². The molecule has 2 aliphatic rings. The van der Waals surface area contributed by atoms with Gasteiger partial charge in [0.15, 0.2) is 0 Å². The van der Waals surface area contributed by atoms with Crippen molar-refractivity contribution in [1.29, 1.82) is 0 Å².